The maximum Gasteiger partial charge on any atom is 0.340 e. The number of rotatable bonds is 1. The molecule has 2 aromatic rings. The van der Waals surface area contributed by atoms with E-state index in [0.29, 0.717) is 5.39 Å². The third kappa shape index (κ3) is 1.31. The Hall–Kier alpha value is -1.97. The molecule has 0 aliphatic rings. The smallest absolute Gasteiger partial charge is 0.258 e. The van der Waals surface area contributed by atoms with Gasteiger partial charge in [0.25, 0.3) is 0 Å². The van der Waals surface area contributed by atoms with Crippen molar-refractivity contribution in [2.75, 3.05) is 0 Å². The summed E-state index contributed by atoms with van der Waals surface area (Å²) in [7, 11) is 1.78. The maximum absolute atomic E-state index is 10.8. The Kier molecular flexibility index (Phi) is 1.89. The fraction of sp³-hybridized carbons (Fsp3) is 0.100. The van der Waals surface area contributed by atoms with E-state index in [4.69, 9.17) is 0 Å². The van der Waals surface area contributed by atoms with Crippen LogP contribution in [0.25, 0.3) is 10.8 Å². The predicted octanol–water partition coefficient (Wildman–Crippen LogP) is 1.57. The molecule has 14 heavy (non-hydrogen) atoms. The number of nitro groups is 1. The first-order valence-corrected chi connectivity index (χ1v) is 4.21. The molecule has 0 unspecified atom stereocenters. The van der Waals surface area contributed by atoms with Crippen LogP contribution >= 0.6 is 0 Å². The van der Waals surface area contributed by atoms with Crippen molar-refractivity contribution in [1.29, 1.82) is 0 Å². The third-order valence-corrected chi connectivity index (χ3v) is 2.10. The highest BCUT2D eigenvalue weighted by atomic mass is 16.6. The molecule has 1 aromatic carbocycles. The minimum Gasteiger partial charge on any atom is -0.258 e. The van der Waals surface area contributed by atoms with Crippen molar-refractivity contribution in [2.45, 2.75) is 0 Å². The molecule has 0 radical (unpaired) electrons. The van der Waals surface area contributed by atoms with E-state index in [-0.39, 0.29) is 10.6 Å². The summed E-state index contributed by atoms with van der Waals surface area (Å²) in [5, 5.41) is 12.3. The highest BCUT2D eigenvalue weighted by Gasteiger charge is 2.16. The lowest BCUT2D eigenvalue weighted by molar-refractivity contribution is -0.672. The van der Waals surface area contributed by atoms with Crippen molar-refractivity contribution >= 4 is 16.5 Å². The fourth-order valence-corrected chi connectivity index (χ4v) is 1.51. The molecule has 0 saturated heterocycles. The lowest BCUT2D eigenvalue weighted by Crippen LogP contribution is -2.27. The maximum atomic E-state index is 10.8. The van der Waals surface area contributed by atoms with Crippen LogP contribution in [-0.4, -0.2) is 4.92 Å². The fourth-order valence-electron chi connectivity index (χ4n) is 1.51. The largest absolute Gasteiger partial charge is 0.340 e. The van der Waals surface area contributed by atoms with Gasteiger partial charge in [-0.3, -0.25) is 10.1 Å². The van der Waals surface area contributed by atoms with Crippen LogP contribution in [0.2, 0.25) is 0 Å². The molecule has 0 N–H and O–H groups in total. The van der Waals surface area contributed by atoms with E-state index in [1.165, 1.54) is 6.20 Å². The molecule has 0 aliphatic heterocycles. The Bertz CT molecular complexity index is 508. The minimum atomic E-state index is -0.359. The molecule has 0 spiro atoms. The molecule has 0 saturated carbocycles. The number of pyridine rings is 1. The van der Waals surface area contributed by atoms with Crippen LogP contribution < -0.4 is 4.57 Å². The van der Waals surface area contributed by atoms with Gasteiger partial charge >= 0.3 is 5.69 Å². The molecule has 0 aliphatic carbocycles. The van der Waals surface area contributed by atoms with E-state index in [0.717, 1.165) is 5.39 Å². The molecule has 0 bridgehead atoms. The topological polar surface area (TPSA) is 47.0 Å². The van der Waals surface area contributed by atoms with Crippen molar-refractivity contribution in [3.63, 3.8) is 0 Å². The number of hydrogen-bond donors (Lipinski definition) is 0. The average molecular weight is 189 g/mol. The van der Waals surface area contributed by atoms with Crippen LogP contribution in [0, 0.1) is 10.1 Å². The van der Waals surface area contributed by atoms with Gasteiger partial charge in [0.15, 0.2) is 6.20 Å². The second-order valence-corrected chi connectivity index (χ2v) is 3.15. The predicted molar refractivity (Wildman–Crippen MR) is 51.8 cm³/mol. The van der Waals surface area contributed by atoms with Gasteiger partial charge in [0.1, 0.15) is 7.05 Å². The van der Waals surface area contributed by atoms with E-state index >= 15 is 0 Å². The first-order valence-electron chi connectivity index (χ1n) is 4.21. The third-order valence-electron chi connectivity index (χ3n) is 2.10. The van der Waals surface area contributed by atoms with Crippen molar-refractivity contribution in [3.8, 4) is 0 Å². The van der Waals surface area contributed by atoms with E-state index in [1.54, 1.807) is 23.7 Å². The second kappa shape index (κ2) is 3.06. The molecular weight excluding hydrogens is 180 g/mol. The molecule has 1 aromatic heterocycles. The van der Waals surface area contributed by atoms with Crippen LogP contribution in [0.5, 0.6) is 0 Å². The molecule has 0 amide bonds. The monoisotopic (exact) mass is 189 g/mol. The zero-order chi connectivity index (χ0) is 10.1. The number of nitrogens with zero attached hydrogens (tertiary/aromatic N) is 2. The van der Waals surface area contributed by atoms with Crippen molar-refractivity contribution in [3.05, 3.63) is 46.8 Å². The summed E-state index contributed by atoms with van der Waals surface area (Å²) >= 11 is 0. The highest BCUT2D eigenvalue weighted by Crippen LogP contribution is 2.22. The molecular formula is C10H9N2O2+. The number of hydrogen-bond acceptors (Lipinski definition) is 2. The SMILES string of the molecule is C[n+]1cc([N+](=O)[O-])c2ccccc2c1. The van der Waals surface area contributed by atoms with Gasteiger partial charge < -0.3 is 0 Å². The van der Waals surface area contributed by atoms with Gasteiger partial charge in [0.2, 0.25) is 6.20 Å². The quantitative estimate of drug-likeness (QED) is 0.388. The average Bonchev–Trinajstić information content (AvgIpc) is 2.16. The summed E-state index contributed by atoms with van der Waals surface area (Å²) in [6.07, 6.45) is 3.38. The van der Waals surface area contributed by atoms with Crippen LogP contribution in [-0.2, 0) is 7.05 Å². The number of aromatic nitrogens is 1. The molecule has 0 fully saturated rings. The van der Waals surface area contributed by atoms with Crippen molar-refractivity contribution in [2.24, 2.45) is 7.05 Å². The molecule has 0 atom stereocenters. The van der Waals surface area contributed by atoms with E-state index in [2.05, 4.69) is 0 Å². The van der Waals surface area contributed by atoms with Crippen LogP contribution in [0.4, 0.5) is 5.69 Å². The number of benzene rings is 1. The van der Waals surface area contributed by atoms with Gasteiger partial charge in [-0.2, -0.15) is 0 Å². The molecule has 2 rings (SSSR count). The Morgan fingerprint density at radius 2 is 2.00 bits per heavy atom. The summed E-state index contributed by atoms with van der Waals surface area (Å²) < 4.78 is 1.69. The van der Waals surface area contributed by atoms with Crippen LogP contribution in [0.15, 0.2) is 36.7 Å². The highest BCUT2D eigenvalue weighted by molar-refractivity contribution is 5.88. The zero-order valence-electron chi connectivity index (χ0n) is 7.68. The second-order valence-electron chi connectivity index (χ2n) is 3.15. The summed E-state index contributed by atoms with van der Waals surface area (Å²) in [4.78, 5) is 10.4. The normalized spacial score (nSPS) is 10.4. The van der Waals surface area contributed by atoms with Gasteiger partial charge in [-0.15, -0.1) is 0 Å². The zero-order valence-corrected chi connectivity index (χ0v) is 7.68. The number of aryl methyl sites for hydroxylation is 1. The van der Waals surface area contributed by atoms with E-state index < -0.39 is 0 Å². The molecule has 4 nitrogen and oxygen atoms in total. The van der Waals surface area contributed by atoms with Gasteiger partial charge in [0, 0.05) is 0 Å². The summed E-state index contributed by atoms with van der Waals surface area (Å²) in [6.45, 7) is 0. The van der Waals surface area contributed by atoms with Gasteiger partial charge in [-0.05, 0) is 12.1 Å². The summed E-state index contributed by atoms with van der Waals surface area (Å²) in [5.41, 5.74) is 0.144. The Balaban J connectivity index is 2.87. The van der Waals surface area contributed by atoms with Crippen LogP contribution in [0.3, 0.4) is 0 Å². The van der Waals surface area contributed by atoms with Crippen molar-refractivity contribution in [1.82, 2.24) is 0 Å². The Labute approximate surface area is 80.6 Å². The Morgan fingerprint density at radius 1 is 1.29 bits per heavy atom. The molecule has 4 heteroatoms. The number of fused-ring (bicyclic) bond motifs is 1. The van der Waals surface area contributed by atoms with Gasteiger partial charge in [-0.25, -0.2) is 4.57 Å². The summed E-state index contributed by atoms with van der Waals surface area (Å²) in [5.74, 6) is 0. The standard InChI is InChI=1S/C10H9N2O2/c1-11-6-8-4-2-3-5-9(8)10(7-11)12(13)14/h2-7H,1H3/q+1. The first kappa shape index (κ1) is 8.62. The van der Waals surface area contributed by atoms with Gasteiger partial charge in [0.05, 0.1) is 15.7 Å². The first-order chi connectivity index (χ1) is 6.68. The van der Waals surface area contributed by atoms with E-state index in [9.17, 15) is 10.1 Å². The lowest BCUT2D eigenvalue weighted by atomic mass is 10.1. The Morgan fingerprint density at radius 3 is 2.71 bits per heavy atom. The molecule has 70 valence electrons. The summed E-state index contributed by atoms with van der Waals surface area (Å²) in [6, 6.07) is 7.29. The molecule has 1 heterocycles. The van der Waals surface area contributed by atoms with Crippen LogP contribution in [0.1, 0.15) is 0 Å². The lowest BCUT2D eigenvalue weighted by Gasteiger charge is -1.96. The van der Waals surface area contributed by atoms with Gasteiger partial charge in [-0.1, -0.05) is 12.1 Å². The minimum absolute atomic E-state index is 0.144. The van der Waals surface area contributed by atoms with Crippen molar-refractivity contribution < 1.29 is 9.49 Å². The van der Waals surface area contributed by atoms with E-state index in [1.807, 2.05) is 18.3 Å².